The molecule has 0 radical (unpaired) electrons. The van der Waals surface area contributed by atoms with Crippen molar-refractivity contribution in [3.63, 3.8) is 0 Å². The summed E-state index contributed by atoms with van der Waals surface area (Å²) < 4.78 is 63.4. The van der Waals surface area contributed by atoms with E-state index < -0.39 is 37.7 Å². The molecule has 1 aliphatic heterocycles. The first-order valence-electron chi connectivity index (χ1n) is 10.0. The van der Waals surface area contributed by atoms with Crippen LogP contribution in [-0.2, 0) is 14.6 Å². The van der Waals surface area contributed by atoms with E-state index in [0.29, 0.717) is 17.8 Å². The quantitative estimate of drug-likeness (QED) is 0.519. The summed E-state index contributed by atoms with van der Waals surface area (Å²) in [5.41, 5.74) is -5.83. The van der Waals surface area contributed by atoms with Crippen molar-refractivity contribution in [3.05, 3.63) is 61.2 Å². The number of rotatable bonds is 4. The summed E-state index contributed by atoms with van der Waals surface area (Å²) >= 11 is 0. The molecule has 2 aromatic heterocycles. The fraction of sp³-hybridized carbons (Fsp3) is 0.238. The molecular weight excluding hydrogens is 475 g/mol. The van der Waals surface area contributed by atoms with Crippen molar-refractivity contribution in [2.45, 2.75) is 29.3 Å². The van der Waals surface area contributed by atoms with Crippen LogP contribution in [0.3, 0.4) is 0 Å². The summed E-state index contributed by atoms with van der Waals surface area (Å²) in [6.07, 6.45) is 6.56. The van der Waals surface area contributed by atoms with Crippen molar-refractivity contribution < 1.29 is 31.2 Å². The van der Waals surface area contributed by atoms with Crippen LogP contribution in [0.25, 0.3) is 5.69 Å². The number of aromatic nitrogens is 3. The number of carbonyl (C=O) groups is 2. The molecule has 34 heavy (non-hydrogen) atoms. The minimum Gasteiger partial charge on any atom is -0.276 e. The van der Waals surface area contributed by atoms with E-state index in [-0.39, 0.29) is 11.6 Å². The number of urea groups is 1. The second-order valence-electron chi connectivity index (χ2n) is 8.05. The third-order valence-electron chi connectivity index (χ3n) is 6.11. The molecule has 0 N–H and O–H groups in total. The van der Waals surface area contributed by atoms with Gasteiger partial charge in [0.05, 0.1) is 22.5 Å². The summed E-state index contributed by atoms with van der Waals surface area (Å²) in [7, 11) is -5.56. The molecule has 1 spiro atoms. The van der Waals surface area contributed by atoms with Crippen molar-refractivity contribution in [1.29, 1.82) is 0 Å². The van der Waals surface area contributed by atoms with Crippen molar-refractivity contribution in [2.75, 3.05) is 9.80 Å². The second kappa shape index (κ2) is 7.13. The maximum absolute atomic E-state index is 13.6. The van der Waals surface area contributed by atoms with Crippen LogP contribution in [0.1, 0.15) is 13.3 Å². The zero-order valence-corrected chi connectivity index (χ0v) is 18.3. The molecule has 3 amide bonds. The van der Waals surface area contributed by atoms with E-state index in [4.69, 9.17) is 0 Å². The predicted molar refractivity (Wildman–Crippen MR) is 113 cm³/mol. The van der Waals surface area contributed by atoms with Crippen molar-refractivity contribution >= 4 is 33.2 Å². The number of alkyl halides is 3. The van der Waals surface area contributed by atoms with Gasteiger partial charge in [0.1, 0.15) is 11.2 Å². The highest BCUT2D eigenvalue weighted by atomic mass is 32.2. The number of imide groups is 1. The minimum atomic E-state index is -5.56. The first kappa shape index (κ1) is 22.1. The Balaban J connectivity index is 1.57. The number of nitrogens with zero attached hydrogens (tertiary/aromatic N) is 5. The molecule has 9 nitrogen and oxygen atoms in total. The SMILES string of the molecule is CC1CC12C(=O)N(c1ccc(S(=O)(=O)C(F)(F)F)cc1)C(=O)N2c1ccncc1-n1cccn1. The standard InChI is InChI=1S/C21H16F3N5O4S/c1-13-11-20(13)18(30)28(14-3-5-15(6-4-14)34(32,33)21(22,23)24)19(31)29(20)16-7-9-25-12-17(16)27-10-2-8-26-27/h2-10,12-13H,11H2,1H3. The average Bonchev–Trinajstić information content (AvgIpc) is 3.12. The average molecular weight is 491 g/mol. The van der Waals surface area contributed by atoms with Crippen LogP contribution >= 0.6 is 0 Å². The molecule has 1 aromatic carbocycles. The molecule has 2 fully saturated rings. The van der Waals surface area contributed by atoms with Crippen LogP contribution < -0.4 is 9.80 Å². The molecule has 1 saturated heterocycles. The van der Waals surface area contributed by atoms with Gasteiger partial charge in [-0.15, -0.1) is 0 Å². The van der Waals surface area contributed by atoms with E-state index in [2.05, 4.69) is 10.1 Å². The van der Waals surface area contributed by atoms with Crippen LogP contribution in [0.2, 0.25) is 0 Å². The highest BCUT2D eigenvalue weighted by molar-refractivity contribution is 7.92. The maximum atomic E-state index is 13.6. The number of halogens is 3. The summed E-state index contributed by atoms with van der Waals surface area (Å²) in [6.45, 7) is 1.81. The highest BCUT2D eigenvalue weighted by Gasteiger charge is 2.71. The lowest BCUT2D eigenvalue weighted by molar-refractivity contribution is -0.119. The van der Waals surface area contributed by atoms with Gasteiger partial charge in [0.15, 0.2) is 0 Å². The van der Waals surface area contributed by atoms with E-state index in [0.717, 1.165) is 29.2 Å². The van der Waals surface area contributed by atoms with Gasteiger partial charge in [0.25, 0.3) is 15.7 Å². The van der Waals surface area contributed by atoms with Crippen LogP contribution in [0.4, 0.5) is 29.3 Å². The Morgan fingerprint density at radius 3 is 2.29 bits per heavy atom. The first-order valence-corrected chi connectivity index (χ1v) is 11.5. The number of hydrogen-bond acceptors (Lipinski definition) is 6. The molecule has 2 atom stereocenters. The summed E-state index contributed by atoms with van der Waals surface area (Å²) in [5.74, 6) is -0.725. The van der Waals surface area contributed by atoms with Gasteiger partial charge in [-0.1, -0.05) is 6.92 Å². The van der Waals surface area contributed by atoms with Gasteiger partial charge in [-0.05, 0) is 48.7 Å². The lowest BCUT2D eigenvalue weighted by atomic mass is 10.1. The van der Waals surface area contributed by atoms with E-state index in [1.54, 1.807) is 24.5 Å². The summed E-state index contributed by atoms with van der Waals surface area (Å²) in [4.78, 5) is 32.4. The van der Waals surface area contributed by atoms with Gasteiger partial charge in [0, 0.05) is 18.6 Å². The number of anilines is 2. The van der Waals surface area contributed by atoms with E-state index in [1.807, 2.05) is 6.92 Å². The molecule has 1 aliphatic carbocycles. The second-order valence-corrected chi connectivity index (χ2v) is 9.99. The highest BCUT2D eigenvalue weighted by Crippen LogP contribution is 2.56. The molecule has 2 aliphatic rings. The van der Waals surface area contributed by atoms with Crippen LogP contribution in [0.5, 0.6) is 0 Å². The molecular formula is C21H16F3N5O4S. The number of amides is 3. The number of hydrogen-bond donors (Lipinski definition) is 0. The van der Waals surface area contributed by atoms with Gasteiger partial charge in [-0.25, -0.2) is 22.8 Å². The Morgan fingerprint density at radius 1 is 1.06 bits per heavy atom. The maximum Gasteiger partial charge on any atom is 0.501 e. The largest absolute Gasteiger partial charge is 0.501 e. The lowest BCUT2D eigenvalue weighted by Gasteiger charge is -2.24. The van der Waals surface area contributed by atoms with Gasteiger partial charge in [-0.2, -0.15) is 18.3 Å². The molecule has 13 heteroatoms. The molecule has 3 aromatic rings. The third-order valence-corrected chi connectivity index (χ3v) is 7.61. The normalized spacial score (nSPS) is 22.6. The summed E-state index contributed by atoms with van der Waals surface area (Å²) in [6, 6.07) is 6.04. The van der Waals surface area contributed by atoms with E-state index in [1.165, 1.54) is 22.0 Å². The molecule has 5 rings (SSSR count). The lowest BCUT2D eigenvalue weighted by Crippen LogP contribution is -2.39. The Morgan fingerprint density at radius 2 is 1.74 bits per heavy atom. The fourth-order valence-corrected chi connectivity index (χ4v) is 5.04. The number of carbonyl (C=O) groups excluding carboxylic acids is 2. The van der Waals surface area contributed by atoms with E-state index in [9.17, 15) is 31.2 Å². The molecule has 1 saturated carbocycles. The third kappa shape index (κ3) is 2.96. The zero-order chi connectivity index (χ0) is 24.5. The Kier molecular flexibility index (Phi) is 4.63. The molecule has 3 heterocycles. The Bertz CT molecular complexity index is 1410. The Hall–Kier alpha value is -3.74. The smallest absolute Gasteiger partial charge is 0.276 e. The molecule has 0 bridgehead atoms. The number of pyridine rings is 1. The number of sulfone groups is 1. The topological polar surface area (TPSA) is 105 Å². The van der Waals surface area contributed by atoms with Crippen molar-refractivity contribution in [1.82, 2.24) is 14.8 Å². The minimum absolute atomic E-state index is 0.0354. The van der Waals surface area contributed by atoms with Gasteiger partial charge in [-0.3, -0.25) is 14.7 Å². The van der Waals surface area contributed by atoms with Crippen LogP contribution in [0, 0.1) is 5.92 Å². The predicted octanol–water partition coefficient (Wildman–Crippen LogP) is 3.31. The van der Waals surface area contributed by atoms with Gasteiger partial charge in [0.2, 0.25) is 0 Å². The van der Waals surface area contributed by atoms with Crippen LogP contribution in [0.15, 0.2) is 66.1 Å². The number of benzene rings is 1. The Labute approximate surface area is 191 Å². The fourth-order valence-electron chi connectivity index (χ4n) is 4.27. The molecule has 176 valence electrons. The van der Waals surface area contributed by atoms with Gasteiger partial charge < -0.3 is 0 Å². The van der Waals surface area contributed by atoms with Crippen LogP contribution in [-0.4, -0.2) is 46.2 Å². The van der Waals surface area contributed by atoms with Gasteiger partial charge >= 0.3 is 11.5 Å². The van der Waals surface area contributed by atoms with E-state index >= 15 is 0 Å². The zero-order valence-electron chi connectivity index (χ0n) is 17.5. The van der Waals surface area contributed by atoms with Crippen molar-refractivity contribution in [3.8, 4) is 5.69 Å². The van der Waals surface area contributed by atoms with Crippen molar-refractivity contribution in [2.24, 2.45) is 5.92 Å². The molecule has 2 unspecified atom stereocenters. The monoisotopic (exact) mass is 491 g/mol. The first-order chi connectivity index (χ1) is 16.0. The summed E-state index contributed by atoms with van der Waals surface area (Å²) in [5, 5.41) is 4.17.